The second-order valence-electron chi connectivity index (χ2n) is 7.93. The number of ether oxygens (including phenoxy) is 4. The van der Waals surface area contributed by atoms with Gasteiger partial charge in [0.2, 0.25) is 0 Å². The highest BCUT2D eigenvalue weighted by atomic mass is 32.2. The smallest absolute Gasteiger partial charge is 0.190 e. The van der Waals surface area contributed by atoms with E-state index in [1.165, 1.54) is 25.6 Å². The predicted octanol–water partition coefficient (Wildman–Crippen LogP) is 5.43. The lowest BCUT2D eigenvalue weighted by Crippen LogP contribution is -2.16. The van der Waals surface area contributed by atoms with Crippen LogP contribution < -0.4 is 18.9 Å². The minimum atomic E-state index is -3.91. The van der Waals surface area contributed by atoms with E-state index in [-0.39, 0.29) is 4.90 Å². The fourth-order valence-electron chi connectivity index (χ4n) is 4.35. The molecule has 0 saturated heterocycles. The summed E-state index contributed by atoms with van der Waals surface area (Å²) in [6.07, 6.45) is 0.682. The maximum Gasteiger partial charge on any atom is 0.190 e. The van der Waals surface area contributed by atoms with Gasteiger partial charge in [-0.3, -0.25) is 0 Å². The summed E-state index contributed by atoms with van der Waals surface area (Å²) >= 11 is 1.45. The first kappa shape index (κ1) is 22.6. The third-order valence-electron chi connectivity index (χ3n) is 6.02. The molecule has 2 heterocycles. The van der Waals surface area contributed by atoms with Gasteiger partial charge in [0.1, 0.15) is 28.2 Å². The number of fused-ring (bicyclic) bond motifs is 2. The Hall–Kier alpha value is -3.23. The average Bonchev–Trinajstić information content (AvgIpc) is 3.50. The van der Waals surface area contributed by atoms with Crippen LogP contribution in [-0.4, -0.2) is 36.4 Å². The summed E-state index contributed by atoms with van der Waals surface area (Å²) in [5, 5.41) is -0.0578. The summed E-state index contributed by atoms with van der Waals surface area (Å²) in [6, 6.07) is 18.2. The van der Waals surface area contributed by atoms with Gasteiger partial charge in [-0.1, -0.05) is 18.2 Å². The number of methoxy groups -OCH3 is 3. The molecule has 0 amide bonds. The van der Waals surface area contributed by atoms with E-state index in [9.17, 15) is 8.42 Å². The van der Waals surface area contributed by atoms with Crippen molar-refractivity contribution in [3.05, 3.63) is 76.7 Å². The molecule has 0 bridgehead atoms. The molecule has 1 aliphatic heterocycles. The summed E-state index contributed by atoms with van der Waals surface area (Å²) in [4.78, 5) is 0.916. The normalized spacial score (nSPS) is 13.9. The summed E-state index contributed by atoms with van der Waals surface area (Å²) in [6.45, 7) is 0.554. The van der Waals surface area contributed by atoms with E-state index in [1.807, 2.05) is 30.3 Å². The highest BCUT2D eigenvalue weighted by molar-refractivity contribution is 7.92. The van der Waals surface area contributed by atoms with Crippen molar-refractivity contribution in [1.29, 1.82) is 0 Å². The van der Waals surface area contributed by atoms with Crippen molar-refractivity contribution in [3.8, 4) is 23.0 Å². The predicted molar refractivity (Wildman–Crippen MR) is 133 cm³/mol. The summed E-state index contributed by atoms with van der Waals surface area (Å²) in [5.74, 6) is 2.01. The molecule has 4 aromatic rings. The van der Waals surface area contributed by atoms with E-state index in [0.29, 0.717) is 40.7 Å². The first-order valence-electron chi connectivity index (χ1n) is 10.7. The van der Waals surface area contributed by atoms with Crippen LogP contribution >= 0.6 is 11.3 Å². The monoisotopic (exact) mass is 496 g/mol. The van der Waals surface area contributed by atoms with Crippen LogP contribution in [0, 0.1) is 0 Å². The van der Waals surface area contributed by atoms with Gasteiger partial charge in [-0.15, -0.1) is 11.3 Å². The number of benzene rings is 3. The van der Waals surface area contributed by atoms with Crippen molar-refractivity contribution in [1.82, 2.24) is 0 Å². The van der Waals surface area contributed by atoms with Crippen LogP contribution in [0.15, 0.2) is 65.6 Å². The molecule has 6 nitrogen and oxygen atoms in total. The zero-order valence-electron chi connectivity index (χ0n) is 19.0. The highest BCUT2D eigenvalue weighted by Gasteiger charge is 2.38. The van der Waals surface area contributed by atoms with Crippen LogP contribution in [0.1, 0.15) is 21.3 Å². The SMILES string of the molecule is COc1cc(OC)c([C@@H](c2cc3ccccc3s2)S(=O)(=O)c2ccc3c(c2)CCO3)c(OC)c1. The van der Waals surface area contributed by atoms with Gasteiger partial charge in [0.15, 0.2) is 9.84 Å². The Labute approximate surface area is 202 Å². The van der Waals surface area contributed by atoms with E-state index in [1.54, 1.807) is 37.4 Å². The molecular weight excluding hydrogens is 472 g/mol. The van der Waals surface area contributed by atoms with E-state index in [2.05, 4.69) is 0 Å². The van der Waals surface area contributed by atoms with Crippen molar-refractivity contribution in [3.63, 3.8) is 0 Å². The highest BCUT2D eigenvalue weighted by Crippen LogP contribution is 2.49. The Morgan fingerprint density at radius 1 is 0.912 bits per heavy atom. The zero-order chi connectivity index (χ0) is 23.9. The number of thiophene rings is 1. The molecule has 0 unspecified atom stereocenters. The summed E-state index contributed by atoms with van der Waals surface area (Å²) < 4.78 is 52.0. The molecule has 0 saturated carbocycles. The number of sulfone groups is 1. The fraction of sp³-hybridized carbons (Fsp3) is 0.231. The Kier molecular flexibility index (Phi) is 5.87. The first-order chi connectivity index (χ1) is 16.5. The van der Waals surface area contributed by atoms with Crippen LogP contribution in [0.5, 0.6) is 23.0 Å². The molecule has 5 rings (SSSR count). The molecular formula is C26H24O6S2. The number of hydrogen-bond acceptors (Lipinski definition) is 7. The van der Waals surface area contributed by atoms with Gasteiger partial charge in [-0.25, -0.2) is 8.42 Å². The molecule has 0 spiro atoms. The van der Waals surface area contributed by atoms with Crippen LogP contribution in [0.3, 0.4) is 0 Å². The Morgan fingerprint density at radius 2 is 1.65 bits per heavy atom. The minimum Gasteiger partial charge on any atom is -0.496 e. The zero-order valence-corrected chi connectivity index (χ0v) is 20.7. The number of hydrogen-bond donors (Lipinski definition) is 0. The average molecular weight is 497 g/mol. The third kappa shape index (κ3) is 3.76. The van der Waals surface area contributed by atoms with Crippen LogP contribution in [0.25, 0.3) is 10.1 Å². The van der Waals surface area contributed by atoms with Crippen LogP contribution in [0.2, 0.25) is 0 Å². The van der Waals surface area contributed by atoms with Crippen molar-refractivity contribution in [2.45, 2.75) is 16.6 Å². The van der Waals surface area contributed by atoms with Crippen molar-refractivity contribution in [2.24, 2.45) is 0 Å². The lowest BCUT2D eigenvalue weighted by atomic mass is 10.1. The Bertz CT molecular complexity index is 1410. The molecule has 8 heteroatoms. The van der Waals surface area contributed by atoms with E-state index < -0.39 is 15.1 Å². The fourth-order valence-corrected chi connectivity index (χ4v) is 7.68. The van der Waals surface area contributed by atoms with Gasteiger partial charge < -0.3 is 18.9 Å². The second-order valence-corrected chi connectivity index (χ2v) is 11.1. The van der Waals surface area contributed by atoms with E-state index in [0.717, 1.165) is 21.4 Å². The third-order valence-corrected chi connectivity index (χ3v) is 9.37. The van der Waals surface area contributed by atoms with Crippen molar-refractivity contribution < 1.29 is 27.4 Å². The molecule has 1 atom stereocenters. The van der Waals surface area contributed by atoms with Crippen molar-refractivity contribution in [2.75, 3.05) is 27.9 Å². The Morgan fingerprint density at radius 3 is 2.32 bits per heavy atom. The van der Waals surface area contributed by atoms with E-state index in [4.69, 9.17) is 18.9 Å². The molecule has 176 valence electrons. The van der Waals surface area contributed by atoms with Gasteiger partial charge >= 0.3 is 0 Å². The summed E-state index contributed by atoms with van der Waals surface area (Å²) in [5.41, 5.74) is 1.33. The molecule has 1 aliphatic rings. The second kappa shape index (κ2) is 8.85. The van der Waals surface area contributed by atoms with Crippen LogP contribution in [0.4, 0.5) is 0 Å². The van der Waals surface area contributed by atoms with Crippen molar-refractivity contribution >= 4 is 31.3 Å². The molecule has 0 N–H and O–H groups in total. The maximum atomic E-state index is 14.3. The topological polar surface area (TPSA) is 71.1 Å². The minimum absolute atomic E-state index is 0.235. The van der Waals surface area contributed by atoms with Gasteiger partial charge in [0.05, 0.1) is 38.4 Å². The van der Waals surface area contributed by atoms with Gasteiger partial charge in [0.25, 0.3) is 0 Å². The standard InChI is InChI=1S/C26H24O6S2/c1-29-18-14-21(30-2)25(22(15-18)31-3)26(24-13-17-6-4-5-7-23(17)33-24)34(27,28)19-8-9-20-16(12-19)10-11-32-20/h4-9,12-15,26H,10-11H2,1-3H3/t26-/m1/s1. The van der Waals surface area contributed by atoms with Gasteiger partial charge in [0, 0.05) is 28.1 Å². The van der Waals surface area contributed by atoms with Gasteiger partial charge in [-0.05, 0) is 41.3 Å². The molecule has 34 heavy (non-hydrogen) atoms. The quantitative estimate of drug-likeness (QED) is 0.340. The lowest BCUT2D eigenvalue weighted by Gasteiger charge is -2.23. The van der Waals surface area contributed by atoms with E-state index >= 15 is 0 Å². The van der Waals surface area contributed by atoms with Crippen LogP contribution in [-0.2, 0) is 16.3 Å². The molecule has 3 aromatic carbocycles. The first-order valence-corrected chi connectivity index (χ1v) is 13.1. The van der Waals surface area contributed by atoms with Gasteiger partial charge in [-0.2, -0.15) is 0 Å². The lowest BCUT2D eigenvalue weighted by molar-refractivity contribution is 0.356. The maximum absolute atomic E-state index is 14.3. The summed E-state index contributed by atoms with van der Waals surface area (Å²) in [7, 11) is 0.661. The molecule has 0 radical (unpaired) electrons. The number of rotatable bonds is 7. The molecule has 1 aromatic heterocycles. The molecule has 0 aliphatic carbocycles. The largest absolute Gasteiger partial charge is 0.496 e. The molecule has 0 fully saturated rings. The Balaban J connectivity index is 1.78.